The topological polar surface area (TPSA) is 78.9 Å². The van der Waals surface area contributed by atoms with Crippen molar-refractivity contribution in [3.63, 3.8) is 0 Å². The van der Waals surface area contributed by atoms with Gasteiger partial charge in [0.15, 0.2) is 0 Å². The maximum Gasteiger partial charge on any atom is 0.394 e. The Kier molecular flexibility index (Phi) is 6.56. The van der Waals surface area contributed by atoms with Gasteiger partial charge in [-0.1, -0.05) is 13.3 Å². The number of aryl methyl sites for hydroxylation is 1. The summed E-state index contributed by atoms with van der Waals surface area (Å²) in [4.78, 5) is 24.3. The third-order valence-corrected chi connectivity index (χ3v) is 4.55. The zero-order valence-corrected chi connectivity index (χ0v) is 15.2. The normalized spacial score (nSPS) is 19.8. The monoisotopic (exact) mass is 388 g/mol. The Labute approximate surface area is 155 Å². The van der Waals surface area contributed by atoms with Gasteiger partial charge in [0, 0.05) is 18.8 Å². The molecule has 150 valence electrons. The number of carboxylic acids is 1. The fraction of sp³-hybridized carbons (Fsp3) is 0.556. The molecule has 27 heavy (non-hydrogen) atoms. The molecule has 1 heterocycles. The molecule has 0 unspecified atom stereocenters. The molecule has 0 aliphatic carbocycles. The number of ether oxygens (including phenoxy) is 1. The maximum absolute atomic E-state index is 13.0. The molecule has 2 atom stereocenters. The van der Waals surface area contributed by atoms with Crippen LogP contribution in [0.25, 0.3) is 0 Å². The smallest absolute Gasteiger partial charge is 0.394 e. The van der Waals surface area contributed by atoms with Gasteiger partial charge in [-0.15, -0.1) is 0 Å². The maximum atomic E-state index is 13.0. The molecule has 1 aromatic carbocycles. The fourth-order valence-electron chi connectivity index (χ4n) is 2.95. The van der Waals surface area contributed by atoms with Crippen molar-refractivity contribution in [2.24, 2.45) is 11.8 Å². The van der Waals surface area contributed by atoms with Crippen LogP contribution in [0, 0.1) is 18.8 Å². The van der Waals surface area contributed by atoms with Crippen LogP contribution in [0.15, 0.2) is 18.2 Å². The first-order valence-electron chi connectivity index (χ1n) is 8.72. The third kappa shape index (κ3) is 5.27. The first-order valence-corrected chi connectivity index (χ1v) is 8.72. The number of amides is 2. The van der Waals surface area contributed by atoms with Crippen molar-refractivity contribution in [3.05, 3.63) is 23.8 Å². The second-order valence-corrected chi connectivity index (χ2v) is 6.61. The number of anilines is 1. The van der Waals surface area contributed by atoms with Gasteiger partial charge in [0.1, 0.15) is 5.75 Å². The molecule has 1 aliphatic rings. The number of alkyl halides is 3. The van der Waals surface area contributed by atoms with Crippen LogP contribution < -0.4 is 10.1 Å². The number of nitrogens with zero attached hydrogens (tertiary/aromatic N) is 1. The SMILES string of the molecule is CCCCOc1ccc(NC(=O)N2C[C@@H](C(F)(F)F)[C@H](C(=O)O)C2)c(C)c1. The van der Waals surface area contributed by atoms with Crippen LogP contribution in [-0.4, -0.2) is 47.9 Å². The van der Waals surface area contributed by atoms with Crippen molar-refractivity contribution in [2.75, 3.05) is 25.0 Å². The highest BCUT2D eigenvalue weighted by atomic mass is 19.4. The molecule has 1 aliphatic heterocycles. The summed E-state index contributed by atoms with van der Waals surface area (Å²) in [6, 6.07) is 4.26. The third-order valence-electron chi connectivity index (χ3n) is 4.55. The van der Waals surface area contributed by atoms with Crippen LogP contribution in [0.3, 0.4) is 0 Å². The summed E-state index contributed by atoms with van der Waals surface area (Å²) < 4.78 is 44.7. The van der Waals surface area contributed by atoms with Crippen molar-refractivity contribution >= 4 is 17.7 Å². The minimum Gasteiger partial charge on any atom is -0.494 e. The minimum absolute atomic E-state index is 0.435. The minimum atomic E-state index is -4.68. The number of hydrogen-bond donors (Lipinski definition) is 2. The van der Waals surface area contributed by atoms with Gasteiger partial charge in [0.05, 0.1) is 18.4 Å². The number of likely N-dealkylation sites (tertiary alicyclic amines) is 1. The van der Waals surface area contributed by atoms with E-state index in [9.17, 15) is 22.8 Å². The molecule has 1 fully saturated rings. The van der Waals surface area contributed by atoms with E-state index < -0.39 is 43.1 Å². The number of nitrogens with one attached hydrogen (secondary N) is 1. The predicted octanol–water partition coefficient (Wildman–Crippen LogP) is 3.90. The van der Waals surface area contributed by atoms with Crippen molar-refractivity contribution in [2.45, 2.75) is 32.9 Å². The van der Waals surface area contributed by atoms with Gasteiger partial charge in [0.2, 0.25) is 0 Å². The van der Waals surface area contributed by atoms with Crippen molar-refractivity contribution in [3.8, 4) is 5.75 Å². The number of urea groups is 1. The molecule has 0 spiro atoms. The second kappa shape index (κ2) is 8.49. The van der Waals surface area contributed by atoms with Gasteiger partial charge < -0.3 is 20.1 Å². The van der Waals surface area contributed by atoms with Crippen molar-refractivity contribution in [1.82, 2.24) is 4.90 Å². The molecule has 9 heteroatoms. The lowest BCUT2D eigenvalue weighted by Crippen LogP contribution is -2.35. The highest BCUT2D eigenvalue weighted by molar-refractivity contribution is 5.91. The standard InChI is InChI=1S/C18H23F3N2O4/c1-3-4-7-27-12-5-6-15(11(2)8-12)22-17(26)23-9-13(16(24)25)14(10-23)18(19,20)21/h5-6,8,13-14H,3-4,7,9-10H2,1-2H3,(H,22,26)(H,24,25)/t13-,14-/m1/s1. The van der Waals surface area contributed by atoms with Crippen LogP contribution in [0.4, 0.5) is 23.7 Å². The summed E-state index contributed by atoms with van der Waals surface area (Å²) in [6.07, 6.45) is -2.76. The number of hydrogen-bond acceptors (Lipinski definition) is 3. The van der Waals surface area contributed by atoms with Crippen LogP contribution in [-0.2, 0) is 4.79 Å². The Balaban J connectivity index is 2.03. The first-order chi connectivity index (χ1) is 12.6. The van der Waals surface area contributed by atoms with Gasteiger partial charge in [-0.3, -0.25) is 4.79 Å². The van der Waals surface area contributed by atoms with Gasteiger partial charge in [0.25, 0.3) is 0 Å². The van der Waals surface area contributed by atoms with Crippen molar-refractivity contribution < 1.29 is 32.6 Å². The van der Waals surface area contributed by atoms with E-state index in [1.807, 2.05) is 6.92 Å². The summed E-state index contributed by atoms with van der Waals surface area (Å²) in [5, 5.41) is 11.6. The van der Waals surface area contributed by atoms with Crippen LogP contribution in [0.2, 0.25) is 0 Å². The molecule has 1 saturated heterocycles. The van der Waals surface area contributed by atoms with E-state index >= 15 is 0 Å². The molecule has 1 aromatic rings. The van der Waals surface area contributed by atoms with Crippen LogP contribution in [0.5, 0.6) is 5.75 Å². The van der Waals surface area contributed by atoms with E-state index in [1.165, 1.54) is 0 Å². The number of rotatable bonds is 6. The van der Waals surface area contributed by atoms with E-state index in [0.717, 1.165) is 17.7 Å². The Bertz CT molecular complexity index is 694. The number of carbonyl (C=O) groups is 2. The lowest BCUT2D eigenvalue weighted by molar-refractivity contribution is -0.187. The molecule has 0 saturated carbocycles. The summed E-state index contributed by atoms with van der Waals surface area (Å²) in [5.41, 5.74) is 1.13. The first kappa shape index (κ1) is 20.9. The van der Waals surface area contributed by atoms with E-state index in [4.69, 9.17) is 9.84 Å². The fourth-order valence-corrected chi connectivity index (χ4v) is 2.95. The molecule has 6 nitrogen and oxygen atoms in total. The predicted molar refractivity (Wildman–Crippen MR) is 92.8 cm³/mol. The zero-order chi connectivity index (χ0) is 20.2. The summed E-state index contributed by atoms with van der Waals surface area (Å²) in [5.74, 6) is -4.65. The average Bonchev–Trinajstić information content (AvgIpc) is 3.03. The Morgan fingerprint density at radius 3 is 2.56 bits per heavy atom. The lowest BCUT2D eigenvalue weighted by Gasteiger charge is -2.19. The number of benzene rings is 1. The number of halogens is 3. The van der Waals surface area contributed by atoms with Gasteiger partial charge in [-0.05, 0) is 37.1 Å². The second-order valence-electron chi connectivity index (χ2n) is 6.61. The Morgan fingerprint density at radius 2 is 2.04 bits per heavy atom. The van der Waals surface area contributed by atoms with Gasteiger partial charge in [-0.2, -0.15) is 13.2 Å². The molecular formula is C18H23F3N2O4. The number of carboxylic acid groups (broad SMARTS) is 1. The summed E-state index contributed by atoms with van der Waals surface area (Å²) >= 11 is 0. The zero-order valence-electron chi connectivity index (χ0n) is 15.2. The Morgan fingerprint density at radius 1 is 1.33 bits per heavy atom. The highest BCUT2D eigenvalue weighted by Gasteiger charge is 2.53. The summed E-state index contributed by atoms with van der Waals surface area (Å²) in [6.45, 7) is 3.20. The molecule has 0 bridgehead atoms. The van der Waals surface area contributed by atoms with Gasteiger partial charge >= 0.3 is 18.2 Å². The number of carbonyl (C=O) groups excluding carboxylic acids is 1. The number of aliphatic carboxylic acids is 1. The summed E-state index contributed by atoms with van der Waals surface area (Å²) in [7, 11) is 0. The molecule has 0 aromatic heterocycles. The molecule has 2 amide bonds. The van der Waals surface area contributed by atoms with E-state index in [1.54, 1.807) is 25.1 Å². The van der Waals surface area contributed by atoms with E-state index in [-0.39, 0.29) is 0 Å². The Hall–Kier alpha value is -2.45. The van der Waals surface area contributed by atoms with Gasteiger partial charge in [-0.25, -0.2) is 4.79 Å². The highest BCUT2D eigenvalue weighted by Crippen LogP contribution is 2.38. The van der Waals surface area contributed by atoms with Crippen LogP contribution in [0.1, 0.15) is 25.3 Å². The molecule has 0 radical (unpaired) electrons. The largest absolute Gasteiger partial charge is 0.494 e. The molecular weight excluding hydrogens is 365 g/mol. The van der Waals surface area contributed by atoms with Crippen molar-refractivity contribution in [1.29, 1.82) is 0 Å². The average molecular weight is 388 g/mol. The molecule has 2 N–H and O–H groups in total. The molecule has 2 rings (SSSR count). The van der Waals surface area contributed by atoms with E-state index in [2.05, 4.69) is 5.32 Å². The quantitative estimate of drug-likeness (QED) is 0.725. The van der Waals surface area contributed by atoms with E-state index in [0.29, 0.717) is 23.6 Å². The number of unbranched alkanes of at least 4 members (excludes halogenated alkanes) is 1. The van der Waals surface area contributed by atoms with Crippen LogP contribution >= 0.6 is 0 Å². The lowest BCUT2D eigenvalue weighted by atomic mass is 9.96.